The van der Waals surface area contributed by atoms with Gasteiger partial charge in [0.25, 0.3) is 0 Å². The smallest absolute Gasteiger partial charge is 0.231 e. The summed E-state index contributed by atoms with van der Waals surface area (Å²) in [7, 11) is 0. The van der Waals surface area contributed by atoms with Crippen LogP contribution in [0, 0.1) is 0 Å². The molecule has 0 atom stereocenters. The Balaban J connectivity index is 1.23. The summed E-state index contributed by atoms with van der Waals surface area (Å²) in [5, 5.41) is 12.6. The van der Waals surface area contributed by atoms with Crippen molar-refractivity contribution in [1.29, 1.82) is 0 Å². The Kier molecular flexibility index (Phi) is 6.27. The van der Waals surface area contributed by atoms with Crippen molar-refractivity contribution in [1.82, 2.24) is 19.7 Å². The number of para-hydroxylation sites is 1. The van der Waals surface area contributed by atoms with Gasteiger partial charge in [0, 0.05) is 29.6 Å². The SMILES string of the molecule is O=C(CCSc1nnc(CN2CCCC2)n1-c1ccccc1)Nc1ccc2c(c1)OCO2. The number of thioether (sulfide) groups is 1. The number of likely N-dealkylation sites (tertiary alicyclic amines) is 1. The van der Waals surface area contributed by atoms with Crippen LogP contribution in [-0.4, -0.2) is 51.2 Å². The number of anilines is 1. The number of aromatic nitrogens is 3. The average molecular weight is 452 g/mol. The van der Waals surface area contributed by atoms with Crippen molar-refractivity contribution < 1.29 is 14.3 Å². The molecule has 3 aromatic rings. The first-order chi connectivity index (χ1) is 15.8. The number of nitrogens with one attached hydrogen (secondary N) is 1. The third-order valence-electron chi connectivity index (χ3n) is 5.50. The molecule has 0 bridgehead atoms. The molecular formula is C23H25N5O3S. The maximum absolute atomic E-state index is 12.4. The molecule has 8 nitrogen and oxygen atoms in total. The number of benzene rings is 2. The van der Waals surface area contributed by atoms with Crippen molar-refractivity contribution in [2.75, 3.05) is 31.0 Å². The lowest BCUT2D eigenvalue weighted by atomic mass is 10.2. The van der Waals surface area contributed by atoms with E-state index < -0.39 is 0 Å². The fraction of sp³-hybridized carbons (Fsp3) is 0.348. The number of nitrogens with zero attached hydrogens (tertiary/aromatic N) is 4. The molecule has 5 rings (SSSR count). The number of carbonyl (C=O) groups is 1. The van der Waals surface area contributed by atoms with E-state index in [2.05, 4.69) is 37.1 Å². The molecule has 0 aliphatic carbocycles. The van der Waals surface area contributed by atoms with Crippen LogP contribution in [0.5, 0.6) is 11.5 Å². The molecule has 1 aromatic heterocycles. The summed E-state index contributed by atoms with van der Waals surface area (Å²) in [6.45, 7) is 3.20. The zero-order valence-corrected chi connectivity index (χ0v) is 18.5. The van der Waals surface area contributed by atoms with E-state index in [0.29, 0.717) is 29.4 Å². The number of carbonyl (C=O) groups excluding carboxylic acids is 1. The Morgan fingerprint density at radius 2 is 1.84 bits per heavy atom. The molecule has 1 fully saturated rings. The molecule has 0 spiro atoms. The summed E-state index contributed by atoms with van der Waals surface area (Å²) in [5.41, 5.74) is 1.74. The van der Waals surface area contributed by atoms with Crippen molar-refractivity contribution in [3.8, 4) is 17.2 Å². The Bertz CT molecular complexity index is 1080. The standard InChI is InChI=1S/C23H25N5O3S/c29-22(24-17-8-9-19-20(14-17)31-16-30-19)10-13-32-23-26-25-21(15-27-11-4-5-12-27)28(23)18-6-2-1-3-7-18/h1-3,6-9,14H,4-5,10-13,15-16H2,(H,24,29). The maximum atomic E-state index is 12.4. The van der Waals surface area contributed by atoms with Gasteiger partial charge in [0.1, 0.15) is 0 Å². The Morgan fingerprint density at radius 1 is 1.03 bits per heavy atom. The lowest BCUT2D eigenvalue weighted by Gasteiger charge is -2.16. The zero-order chi connectivity index (χ0) is 21.8. The molecule has 2 aliphatic heterocycles. The summed E-state index contributed by atoms with van der Waals surface area (Å²) < 4.78 is 12.8. The number of amides is 1. The first-order valence-corrected chi connectivity index (χ1v) is 11.8. The van der Waals surface area contributed by atoms with Crippen LogP contribution in [0.4, 0.5) is 5.69 Å². The second kappa shape index (κ2) is 9.62. The zero-order valence-electron chi connectivity index (χ0n) is 17.7. The van der Waals surface area contributed by atoms with Crippen LogP contribution in [-0.2, 0) is 11.3 Å². The molecule has 2 aliphatic rings. The second-order valence-electron chi connectivity index (χ2n) is 7.77. The lowest BCUT2D eigenvalue weighted by molar-refractivity contribution is -0.115. The monoisotopic (exact) mass is 451 g/mol. The van der Waals surface area contributed by atoms with Crippen molar-refractivity contribution in [2.45, 2.75) is 31.0 Å². The van der Waals surface area contributed by atoms with Crippen LogP contribution in [0.3, 0.4) is 0 Å². The van der Waals surface area contributed by atoms with Gasteiger partial charge in [0.2, 0.25) is 12.7 Å². The highest BCUT2D eigenvalue weighted by Gasteiger charge is 2.20. The number of hydrogen-bond acceptors (Lipinski definition) is 7. The summed E-state index contributed by atoms with van der Waals surface area (Å²) in [4.78, 5) is 14.9. The van der Waals surface area contributed by atoms with E-state index in [1.165, 1.54) is 12.8 Å². The van der Waals surface area contributed by atoms with Crippen LogP contribution < -0.4 is 14.8 Å². The number of hydrogen-bond donors (Lipinski definition) is 1. The van der Waals surface area contributed by atoms with Crippen LogP contribution >= 0.6 is 11.8 Å². The number of rotatable bonds is 8. The van der Waals surface area contributed by atoms with Crippen LogP contribution in [0.15, 0.2) is 53.7 Å². The Morgan fingerprint density at radius 3 is 2.69 bits per heavy atom. The van der Waals surface area contributed by atoms with Crippen LogP contribution in [0.2, 0.25) is 0 Å². The molecule has 3 heterocycles. The number of fused-ring (bicyclic) bond motifs is 1. The van der Waals surface area contributed by atoms with Crippen molar-refractivity contribution in [2.24, 2.45) is 0 Å². The molecule has 166 valence electrons. The summed E-state index contributed by atoms with van der Waals surface area (Å²) in [6, 6.07) is 15.6. The maximum Gasteiger partial charge on any atom is 0.231 e. The van der Waals surface area contributed by atoms with E-state index >= 15 is 0 Å². The Labute approximate surface area is 190 Å². The predicted octanol–water partition coefficient (Wildman–Crippen LogP) is 3.71. The minimum atomic E-state index is -0.0561. The second-order valence-corrected chi connectivity index (χ2v) is 8.83. The summed E-state index contributed by atoms with van der Waals surface area (Å²) in [5.74, 6) is 2.83. The summed E-state index contributed by atoms with van der Waals surface area (Å²) >= 11 is 1.54. The minimum absolute atomic E-state index is 0.0561. The van der Waals surface area contributed by atoms with Gasteiger partial charge < -0.3 is 14.8 Å². The van der Waals surface area contributed by atoms with Gasteiger partial charge in [-0.2, -0.15) is 0 Å². The average Bonchev–Trinajstić information content (AvgIpc) is 3.56. The third-order valence-corrected chi connectivity index (χ3v) is 6.43. The highest BCUT2D eigenvalue weighted by molar-refractivity contribution is 7.99. The van der Waals surface area contributed by atoms with Gasteiger partial charge in [0.05, 0.1) is 6.54 Å². The van der Waals surface area contributed by atoms with Crippen LogP contribution in [0.1, 0.15) is 25.1 Å². The van der Waals surface area contributed by atoms with Gasteiger partial charge in [0.15, 0.2) is 22.5 Å². The summed E-state index contributed by atoms with van der Waals surface area (Å²) in [6.07, 6.45) is 2.83. The molecule has 32 heavy (non-hydrogen) atoms. The topological polar surface area (TPSA) is 81.5 Å². The third kappa shape index (κ3) is 4.73. The van der Waals surface area contributed by atoms with Gasteiger partial charge >= 0.3 is 0 Å². The first-order valence-electron chi connectivity index (χ1n) is 10.8. The van der Waals surface area contributed by atoms with Gasteiger partial charge in [-0.05, 0) is 50.2 Å². The molecule has 9 heteroatoms. The minimum Gasteiger partial charge on any atom is -0.454 e. The molecule has 1 N–H and O–H groups in total. The molecule has 0 unspecified atom stereocenters. The van der Waals surface area contributed by atoms with E-state index in [4.69, 9.17) is 9.47 Å². The molecule has 0 radical (unpaired) electrons. The van der Waals surface area contributed by atoms with Gasteiger partial charge in [-0.15, -0.1) is 10.2 Å². The van der Waals surface area contributed by atoms with E-state index in [1.54, 1.807) is 23.9 Å². The van der Waals surface area contributed by atoms with Crippen molar-refractivity contribution in [3.05, 3.63) is 54.4 Å². The van der Waals surface area contributed by atoms with Crippen molar-refractivity contribution >= 4 is 23.4 Å². The number of ether oxygens (including phenoxy) is 2. The largest absolute Gasteiger partial charge is 0.454 e. The van der Waals surface area contributed by atoms with E-state index in [9.17, 15) is 4.79 Å². The molecular weight excluding hydrogens is 426 g/mol. The highest BCUT2D eigenvalue weighted by Crippen LogP contribution is 2.34. The molecule has 0 saturated carbocycles. The van der Waals surface area contributed by atoms with Crippen molar-refractivity contribution in [3.63, 3.8) is 0 Å². The quantitative estimate of drug-likeness (QED) is 0.523. The fourth-order valence-corrected chi connectivity index (χ4v) is 4.81. The van der Waals surface area contributed by atoms with Crippen LogP contribution in [0.25, 0.3) is 5.69 Å². The van der Waals surface area contributed by atoms with E-state index in [-0.39, 0.29) is 12.7 Å². The fourth-order valence-electron chi connectivity index (χ4n) is 3.91. The van der Waals surface area contributed by atoms with Gasteiger partial charge in [-0.25, -0.2) is 0 Å². The first kappa shape index (κ1) is 20.8. The molecule has 1 amide bonds. The van der Waals surface area contributed by atoms with Gasteiger partial charge in [-0.3, -0.25) is 14.3 Å². The molecule has 1 saturated heterocycles. The van der Waals surface area contributed by atoms with E-state index in [1.807, 2.05) is 24.3 Å². The van der Waals surface area contributed by atoms with E-state index in [0.717, 1.165) is 36.3 Å². The predicted molar refractivity (Wildman–Crippen MR) is 122 cm³/mol. The molecule has 2 aromatic carbocycles. The Hall–Kier alpha value is -3.04. The van der Waals surface area contributed by atoms with Gasteiger partial charge in [-0.1, -0.05) is 30.0 Å². The normalized spacial score (nSPS) is 15.2. The highest BCUT2D eigenvalue weighted by atomic mass is 32.2. The lowest BCUT2D eigenvalue weighted by Crippen LogP contribution is -2.21.